The van der Waals surface area contributed by atoms with Crippen LogP contribution in [-0.2, 0) is 4.74 Å². The third-order valence-electron chi connectivity index (χ3n) is 4.26. The first-order chi connectivity index (χ1) is 14.5. The number of methoxy groups -OCH3 is 1. The van der Waals surface area contributed by atoms with Crippen molar-refractivity contribution in [3.05, 3.63) is 95.1 Å². The second kappa shape index (κ2) is 9.17. The molecule has 0 saturated carbocycles. The molecular formula is C23H17N3O4. The molecule has 0 aromatic heterocycles. The highest BCUT2D eigenvalue weighted by molar-refractivity contribution is 6.09. The van der Waals surface area contributed by atoms with Crippen LogP contribution < -0.4 is 10.6 Å². The van der Waals surface area contributed by atoms with E-state index >= 15 is 0 Å². The second-order valence-electron chi connectivity index (χ2n) is 6.21. The van der Waals surface area contributed by atoms with Gasteiger partial charge in [0.2, 0.25) is 0 Å². The Bertz CT molecular complexity index is 1130. The minimum Gasteiger partial charge on any atom is -0.465 e. The molecular weight excluding hydrogens is 382 g/mol. The van der Waals surface area contributed by atoms with Crippen LogP contribution in [0.25, 0.3) is 0 Å². The minimum atomic E-state index is -0.555. The first-order valence-corrected chi connectivity index (χ1v) is 8.92. The SMILES string of the molecule is COC(=O)c1ccccc1NC(=O)c1ccc(C(=O)Nc2ccc(C#N)cc2)cc1. The lowest BCUT2D eigenvalue weighted by Crippen LogP contribution is -2.16. The lowest BCUT2D eigenvalue weighted by Gasteiger charge is -2.10. The van der Waals surface area contributed by atoms with Crippen molar-refractivity contribution >= 4 is 29.2 Å². The smallest absolute Gasteiger partial charge is 0.339 e. The van der Waals surface area contributed by atoms with Crippen molar-refractivity contribution in [3.63, 3.8) is 0 Å². The van der Waals surface area contributed by atoms with Gasteiger partial charge in [0, 0.05) is 16.8 Å². The Hall–Kier alpha value is -4.44. The number of amides is 2. The lowest BCUT2D eigenvalue weighted by atomic mass is 10.1. The summed E-state index contributed by atoms with van der Waals surface area (Å²) in [6.45, 7) is 0. The van der Waals surface area contributed by atoms with Crippen LogP contribution in [-0.4, -0.2) is 24.9 Å². The number of para-hydroxylation sites is 1. The van der Waals surface area contributed by atoms with Crippen molar-refractivity contribution in [1.29, 1.82) is 5.26 Å². The molecule has 0 aliphatic heterocycles. The molecule has 30 heavy (non-hydrogen) atoms. The van der Waals surface area contributed by atoms with E-state index in [1.54, 1.807) is 48.5 Å². The molecule has 3 aromatic rings. The van der Waals surface area contributed by atoms with E-state index in [2.05, 4.69) is 10.6 Å². The molecule has 0 unspecified atom stereocenters. The van der Waals surface area contributed by atoms with E-state index < -0.39 is 11.9 Å². The van der Waals surface area contributed by atoms with Crippen molar-refractivity contribution in [1.82, 2.24) is 0 Å². The fourth-order valence-corrected chi connectivity index (χ4v) is 2.68. The Balaban J connectivity index is 1.69. The molecule has 7 nitrogen and oxygen atoms in total. The molecule has 148 valence electrons. The largest absolute Gasteiger partial charge is 0.465 e. The maximum absolute atomic E-state index is 12.5. The lowest BCUT2D eigenvalue weighted by molar-refractivity contribution is 0.0601. The first-order valence-electron chi connectivity index (χ1n) is 8.92. The third-order valence-corrected chi connectivity index (χ3v) is 4.26. The number of carbonyl (C=O) groups is 3. The highest BCUT2D eigenvalue weighted by Crippen LogP contribution is 2.18. The molecule has 3 aromatic carbocycles. The predicted octanol–water partition coefficient (Wildman–Crippen LogP) is 3.85. The number of hydrogen-bond acceptors (Lipinski definition) is 5. The minimum absolute atomic E-state index is 0.242. The van der Waals surface area contributed by atoms with Gasteiger partial charge in [0.25, 0.3) is 11.8 Å². The van der Waals surface area contributed by atoms with Gasteiger partial charge in [-0.25, -0.2) is 4.79 Å². The number of carbonyl (C=O) groups excluding carboxylic acids is 3. The van der Waals surface area contributed by atoms with Gasteiger partial charge in [0.05, 0.1) is 30.0 Å². The van der Waals surface area contributed by atoms with Crippen LogP contribution in [0.4, 0.5) is 11.4 Å². The molecule has 0 radical (unpaired) electrons. The van der Waals surface area contributed by atoms with Gasteiger partial charge in [-0.05, 0) is 60.7 Å². The number of nitrogens with one attached hydrogen (secondary N) is 2. The number of rotatable bonds is 5. The highest BCUT2D eigenvalue weighted by atomic mass is 16.5. The molecule has 7 heteroatoms. The Morgan fingerprint density at radius 1 is 0.800 bits per heavy atom. The van der Waals surface area contributed by atoms with E-state index in [1.807, 2.05) is 6.07 Å². The van der Waals surface area contributed by atoms with E-state index in [-0.39, 0.29) is 11.5 Å². The van der Waals surface area contributed by atoms with E-state index in [0.717, 1.165) is 0 Å². The van der Waals surface area contributed by atoms with Crippen LogP contribution in [0.15, 0.2) is 72.8 Å². The van der Waals surface area contributed by atoms with Gasteiger partial charge in [0.15, 0.2) is 0 Å². The summed E-state index contributed by atoms with van der Waals surface area (Å²) >= 11 is 0. The highest BCUT2D eigenvalue weighted by Gasteiger charge is 2.15. The summed E-state index contributed by atoms with van der Waals surface area (Å²) in [5.74, 6) is -1.33. The summed E-state index contributed by atoms with van der Waals surface area (Å²) in [6.07, 6.45) is 0. The zero-order chi connectivity index (χ0) is 21.5. The van der Waals surface area contributed by atoms with E-state index in [0.29, 0.717) is 28.1 Å². The quantitative estimate of drug-likeness (QED) is 0.634. The maximum Gasteiger partial charge on any atom is 0.339 e. The molecule has 0 aliphatic rings. The van der Waals surface area contributed by atoms with Gasteiger partial charge in [-0.1, -0.05) is 12.1 Å². The molecule has 0 fully saturated rings. The van der Waals surface area contributed by atoms with Crippen molar-refractivity contribution in [2.75, 3.05) is 17.7 Å². The summed E-state index contributed by atoms with van der Waals surface area (Å²) in [6, 6.07) is 21.1. The number of benzene rings is 3. The number of ether oxygens (including phenoxy) is 1. The Morgan fingerprint density at radius 2 is 1.37 bits per heavy atom. The summed E-state index contributed by atoms with van der Waals surface area (Å²) in [4.78, 5) is 36.7. The fraction of sp³-hybridized carbons (Fsp3) is 0.0435. The monoisotopic (exact) mass is 399 g/mol. The van der Waals surface area contributed by atoms with Gasteiger partial charge < -0.3 is 15.4 Å². The fourth-order valence-electron chi connectivity index (χ4n) is 2.68. The standard InChI is InChI=1S/C23H17N3O4/c1-30-23(29)19-4-2-3-5-20(19)26-22(28)17-10-8-16(9-11-17)21(27)25-18-12-6-15(14-24)7-13-18/h2-13H,1H3,(H,25,27)(H,26,28). The van der Waals surface area contributed by atoms with Crippen molar-refractivity contribution in [2.24, 2.45) is 0 Å². The third kappa shape index (κ3) is 4.69. The van der Waals surface area contributed by atoms with E-state index in [9.17, 15) is 14.4 Å². The van der Waals surface area contributed by atoms with Crippen LogP contribution in [0.2, 0.25) is 0 Å². The van der Waals surface area contributed by atoms with Crippen LogP contribution in [0.5, 0.6) is 0 Å². The summed E-state index contributed by atoms with van der Waals surface area (Å²) < 4.78 is 4.72. The summed E-state index contributed by atoms with van der Waals surface area (Å²) in [7, 11) is 1.27. The molecule has 0 atom stereocenters. The average molecular weight is 399 g/mol. The van der Waals surface area contributed by atoms with Crippen molar-refractivity contribution in [3.8, 4) is 6.07 Å². The number of esters is 1. The molecule has 0 saturated heterocycles. The van der Waals surface area contributed by atoms with Crippen LogP contribution >= 0.6 is 0 Å². The number of nitriles is 1. The average Bonchev–Trinajstić information content (AvgIpc) is 2.79. The molecule has 0 spiro atoms. The Morgan fingerprint density at radius 3 is 1.93 bits per heavy atom. The van der Waals surface area contributed by atoms with Crippen molar-refractivity contribution in [2.45, 2.75) is 0 Å². The maximum atomic E-state index is 12.5. The number of hydrogen-bond donors (Lipinski definition) is 2. The van der Waals surface area contributed by atoms with Crippen LogP contribution in [0, 0.1) is 11.3 Å². The number of nitrogens with zero attached hydrogens (tertiary/aromatic N) is 1. The Labute approximate surface area is 172 Å². The van der Waals surface area contributed by atoms with Crippen LogP contribution in [0.1, 0.15) is 36.6 Å². The van der Waals surface area contributed by atoms with Gasteiger partial charge in [-0.3, -0.25) is 9.59 Å². The molecule has 3 rings (SSSR count). The molecule has 2 N–H and O–H groups in total. The molecule has 0 heterocycles. The van der Waals surface area contributed by atoms with Gasteiger partial charge in [0.1, 0.15) is 0 Å². The van der Waals surface area contributed by atoms with Gasteiger partial charge >= 0.3 is 5.97 Å². The van der Waals surface area contributed by atoms with Crippen LogP contribution in [0.3, 0.4) is 0 Å². The number of anilines is 2. The van der Waals surface area contributed by atoms with Gasteiger partial charge in [-0.15, -0.1) is 0 Å². The summed E-state index contributed by atoms with van der Waals surface area (Å²) in [5.41, 5.74) is 2.32. The zero-order valence-electron chi connectivity index (χ0n) is 16.0. The summed E-state index contributed by atoms with van der Waals surface area (Å²) in [5, 5.41) is 14.2. The topological polar surface area (TPSA) is 108 Å². The Kier molecular flexibility index (Phi) is 6.20. The molecule has 2 amide bonds. The molecule has 0 aliphatic carbocycles. The van der Waals surface area contributed by atoms with E-state index in [1.165, 1.54) is 31.4 Å². The zero-order valence-corrected chi connectivity index (χ0v) is 16.0. The normalized spacial score (nSPS) is 9.87. The molecule has 0 bridgehead atoms. The van der Waals surface area contributed by atoms with Gasteiger partial charge in [-0.2, -0.15) is 5.26 Å². The predicted molar refractivity (Wildman–Crippen MR) is 111 cm³/mol. The van der Waals surface area contributed by atoms with Crippen molar-refractivity contribution < 1.29 is 19.1 Å². The first kappa shape index (κ1) is 20.3. The van der Waals surface area contributed by atoms with E-state index in [4.69, 9.17) is 10.00 Å². The second-order valence-corrected chi connectivity index (χ2v) is 6.21.